The lowest BCUT2D eigenvalue weighted by molar-refractivity contribution is -0.110. The number of hydrogen-bond acceptors (Lipinski definition) is 3. The summed E-state index contributed by atoms with van der Waals surface area (Å²) < 4.78 is 6.36. The number of aromatic nitrogens is 1. The molecule has 0 aliphatic carbocycles. The molecule has 0 bridgehead atoms. The minimum atomic E-state index is -0.376. The SMILES string of the molecule is Cc1ncc2c(c1Cl)C(c1ccccc1)O/C2=C1/C(=O)Nc2ccccc21. The lowest BCUT2D eigenvalue weighted by Crippen LogP contribution is -2.06. The first kappa shape index (κ1) is 16.1. The number of fused-ring (bicyclic) bond motifs is 2. The zero-order chi connectivity index (χ0) is 18.5. The lowest BCUT2D eigenvalue weighted by atomic mass is 9.97. The molecule has 4 nitrogen and oxygen atoms in total. The van der Waals surface area contributed by atoms with E-state index in [1.54, 1.807) is 6.20 Å². The monoisotopic (exact) mass is 374 g/mol. The molecule has 2 aliphatic heterocycles. The van der Waals surface area contributed by atoms with Crippen LogP contribution in [0.5, 0.6) is 0 Å². The molecule has 1 N–H and O–H groups in total. The van der Waals surface area contributed by atoms with Gasteiger partial charge in [-0.05, 0) is 18.6 Å². The number of carbonyl (C=O) groups excluding carboxylic acids is 1. The van der Waals surface area contributed by atoms with E-state index in [1.807, 2.05) is 61.5 Å². The van der Waals surface area contributed by atoms with Crippen molar-refractivity contribution < 1.29 is 9.53 Å². The second kappa shape index (κ2) is 5.96. The molecule has 1 atom stereocenters. The van der Waals surface area contributed by atoms with Gasteiger partial charge in [0.2, 0.25) is 0 Å². The second-order valence-electron chi connectivity index (χ2n) is 6.60. The molecular weight excluding hydrogens is 360 g/mol. The van der Waals surface area contributed by atoms with Gasteiger partial charge in [0, 0.05) is 28.6 Å². The van der Waals surface area contributed by atoms with Crippen LogP contribution in [0, 0.1) is 6.92 Å². The third-order valence-electron chi connectivity index (χ3n) is 4.98. The van der Waals surface area contributed by atoms with E-state index >= 15 is 0 Å². The zero-order valence-electron chi connectivity index (χ0n) is 14.5. The van der Waals surface area contributed by atoms with Gasteiger partial charge in [-0.15, -0.1) is 0 Å². The van der Waals surface area contributed by atoms with Crippen LogP contribution in [-0.2, 0) is 9.53 Å². The number of para-hydroxylation sites is 1. The topological polar surface area (TPSA) is 51.2 Å². The summed E-state index contributed by atoms with van der Waals surface area (Å²) in [7, 11) is 0. The largest absolute Gasteiger partial charge is 0.479 e. The Morgan fingerprint density at radius 1 is 1.04 bits per heavy atom. The van der Waals surface area contributed by atoms with Gasteiger partial charge >= 0.3 is 0 Å². The van der Waals surface area contributed by atoms with Crippen molar-refractivity contribution in [3.8, 4) is 0 Å². The van der Waals surface area contributed by atoms with Crippen LogP contribution >= 0.6 is 11.6 Å². The van der Waals surface area contributed by atoms with Crippen molar-refractivity contribution in [2.24, 2.45) is 0 Å². The summed E-state index contributed by atoms with van der Waals surface area (Å²) in [5, 5.41) is 3.48. The van der Waals surface area contributed by atoms with Gasteiger partial charge < -0.3 is 10.1 Å². The summed E-state index contributed by atoms with van der Waals surface area (Å²) in [6.45, 7) is 1.87. The van der Waals surface area contributed by atoms with Gasteiger partial charge in [0.1, 0.15) is 5.76 Å². The van der Waals surface area contributed by atoms with Gasteiger partial charge in [-0.3, -0.25) is 9.78 Å². The average Bonchev–Trinajstić information content (AvgIpc) is 3.22. The summed E-state index contributed by atoms with van der Waals surface area (Å²) in [5.41, 5.74) is 5.47. The van der Waals surface area contributed by atoms with Crippen LogP contribution in [0.1, 0.15) is 34.1 Å². The Morgan fingerprint density at radius 2 is 1.78 bits per heavy atom. The minimum absolute atomic E-state index is 0.178. The first-order chi connectivity index (χ1) is 13.1. The van der Waals surface area contributed by atoms with E-state index in [1.165, 1.54) is 0 Å². The van der Waals surface area contributed by atoms with Crippen LogP contribution in [0.3, 0.4) is 0 Å². The van der Waals surface area contributed by atoms with Crippen LogP contribution in [-0.4, -0.2) is 10.9 Å². The molecule has 0 spiro atoms. The fourth-order valence-corrected chi connectivity index (χ4v) is 3.93. The number of aryl methyl sites for hydroxylation is 1. The highest BCUT2D eigenvalue weighted by atomic mass is 35.5. The fraction of sp³-hybridized carbons (Fsp3) is 0.0909. The standard InChI is InChI=1S/C22H15ClN2O2/c1-12-19(23)17-15(11-24-12)21(27-20(17)13-7-3-2-4-8-13)18-14-9-5-6-10-16(14)25-22(18)26/h2-11,20H,1H3,(H,25,26)/b21-18+. The molecule has 0 fully saturated rings. The zero-order valence-corrected chi connectivity index (χ0v) is 15.2. The van der Waals surface area contributed by atoms with Crippen LogP contribution in [0.25, 0.3) is 11.3 Å². The maximum Gasteiger partial charge on any atom is 0.260 e. The molecule has 132 valence electrons. The molecule has 5 rings (SSSR count). The third-order valence-corrected chi connectivity index (χ3v) is 5.45. The van der Waals surface area contributed by atoms with Gasteiger partial charge in [-0.1, -0.05) is 60.1 Å². The summed E-state index contributed by atoms with van der Waals surface area (Å²) in [6.07, 6.45) is 1.37. The van der Waals surface area contributed by atoms with Crippen LogP contribution < -0.4 is 5.32 Å². The van der Waals surface area contributed by atoms with Crippen molar-refractivity contribution in [3.05, 3.63) is 93.8 Å². The average molecular weight is 375 g/mol. The van der Waals surface area contributed by atoms with Crippen LogP contribution in [0.4, 0.5) is 5.69 Å². The Labute approximate surface area is 161 Å². The highest BCUT2D eigenvalue weighted by Crippen LogP contribution is 2.49. The van der Waals surface area contributed by atoms with Gasteiger partial charge in [0.15, 0.2) is 6.10 Å². The number of ether oxygens (including phenoxy) is 1. The van der Waals surface area contributed by atoms with Gasteiger partial charge in [0.25, 0.3) is 5.91 Å². The van der Waals surface area contributed by atoms with E-state index in [0.717, 1.165) is 33.6 Å². The number of halogens is 1. The minimum Gasteiger partial charge on any atom is -0.479 e. The Balaban J connectivity index is 1.78. The highest BCUT2D eigenvalue weighted by molar-refractivity contribution is 6.37. The van der Waals surface area contributed by atoms with E-state index in [2.05, 4.69) is 10.3 Å². The highest BCUT2D eigenvalue weighted by Gasteiger charge is 2.38. The molecule has 0 saturated heterocycles. The molecule has 0 radical (unpaired) electrons. The molecule has 1 aromatic heterocycles. The number of pyridine rings is 1. The van der Waals surface area contributed by atoms with E-state index in [-0.39, 0.29) is 12.0 Å². The number of benzene rings is 2. The van der Waals surface area contributed by atoms with Crippen molar-refractivity contribution >= 4 is 34.5 Å². The van der Waals surface area contributed by atoms with Crippen molar-refractivity contribution in [2.45, 2.75) is 13.0 Å². The molecule has 2 aliphatic rings. The molecular formula is C22H15ClN2O2. The maximum atomic E-state index is 12.7. The van der Waals surface area contributed by atoms with E-state index in [0.29, 0.717) is 16.4 Å². The van der Waals surface area contributed by atoms with Gasteiger partial charge in [-0.25, -0.2) is 0 Å². The summed E-state index contributed by atoms with van der Waals surface area (Å²) >= 11 is 6.63. The molecule has 0 saturated carbocycles. The normalized spacial score (nSPS) is 20.1. The Morgan fingerprint density at radius 3 is 2.59 bits per heavy atom. The van der Waals surface area contributed by atoms with Crippen LogP contribution in [0.2, 0.25) is 5.02 Å². The van der Waals surface area contributed by atoms with Crippen molar-refractivity contribution in [2.75, 3.05) is 5.32 Å². The number of carbonyl (C=O) groups is 1. The number of anilines is 1. The lowest BCUT2D eigenvalue weighted by Gasteiger charge is -2.14. The van der Waals surface area contributed by atoms with Crippen LogP contribution in [0.15, 0.2) is 60.8 Å². The van der Waals surface area contributed by atoms with Crippen molar-refractivity contribution in [3.63, 3.8) is 0 Å². The molecule has 2 aromatic carbocycles. The first-order valence-corrected chi connectivity index (χ1v) is 9.05. The number of amides is 1. The molecule has 27 heavy (non-hydrogen) atoms. The number of nitrogens with zero attached hydrogens (tertiary/aromatic N) is 1. The molecule has 3 heterocycles. The van der Waals surface area contributed by atoms with Crippen molar-refractivity contribution in [1.29, 1.82) is 0 Å². The summed E-state index contributed by atoms with van der Waals surface area (Å²) in [4.78, 5) is 17.1. The molecule has 3 aromatic rings. The number of rotatable bonds is 1. The Kier molecular flexibility index (Phi) is 3.55. The van der Waals surface area contributed by atoms with Gasteiger partial charge in [-0.2, -0.15) is 0 Å². The molecule has 1 amide bonds. The maximum absolute atomic E-state index is 12.7. The summed E-state index contributed by atoms with van der Waals surface area (Å²) in [5.74, 6) is 0.346. The number of nitrogens with one attached hydrogen (secondary N) is 1. The van der Waals surface area contributed by atoms with E-state index in [9.17, 15) is 4.79 Å². The quantitative estimate of drug-likeness (QED) is 0.611. The number of hydrogen-bond donors (Lipinski definition) is 1. The second-order valence-corrected chi connectivity index (χ2v) is 6.98. The molecule has 1 unspecified atom stereocenters. The van der Waals surface area contributed by atoms with E-state index in [4.69, 9.17) is 16.3 Å². The predicted octanol–water partition coefficient (Wildman–Crippen LogP) is 4.98. The smallest absolute Gasteiger partial charge is 0.260 e. The Bertz CT molecular complexity index is 1120. The fourth-order valence-electron chi connectivity index (χ4n) is 3.68. The van der Waals surface area contributed by atoms with Gasteiger partial charge in [0.05, 0.1) is 16.3 Å². The van der Waals surface area contributed by atoms with E-state index < -0.39 is 0 Å². The third kappa shape index (κ3) is 2.37. The first-order valence-electron chi connectivity index (χ1n) is 8.67. The Hall–Kier alpha value is -3.11. The van der Waals surface area contributed by atoms with Crippen molar-refractivity contribution in [1.82, 2.24) is 4.98 Å². The summed E-state index contributed by atoms with van der Waals surface area (Å²) in [6, 6.07) is 17.5. The molecule has 5 heteroatoms. The predicted molar refractivity (Wildman–Crippen MR) is 105 cm³/mol.